The van der Waals surface area contributed by atoms with Crippen LogP contribution in [-0.2, 0) is 0 Å². The van der Waals surface area contributed by atoms with Crippen LogP contribution >= 0.6 is 11.6 Å². The van der Waals surface area contributed by atoms with Gasteiger partial charge in [0.25, 0.3) is 0 Å². The fraction of sp³-hybridized carbons (Fsp3) is 0.333. The van der Waals surface area contributed by atoms with Crippen molar-refractivity contribution < 1.29 is 9.15 Å². The number of rotatable bonds is 4. The summed E-state index contributed by atoms with van der Waals surface area (Å²) in [6, 6.07) is 6.07. The van der Waals surface area contributed by atoms with E-state index in [-0.39, 0.29) is 6.04 Å². The molecule has 0 saturated carbocycles. The van der Waals surface area contributed by atoms with Gasteiger partial charge in [-0.1, -0.05) is 6.07 Å². The van der Waals surface area contributed by atoms with Crippen molar-refractivity contribution in [2.75, 3.05) is 14.2 Å². The third-order valence-electron chi connectivity index (χ3n) is 3.34. The number of hydrogen-bond donors (Lipinski definition) is 1. The molecule has 3 nitrogen and oxygen atoms in total. The predicted molar refractivity (Wildman–Crippen MR) is 77.1 cm³/mol. The molecule has 0 radical (unpaired) electrons. The monoisotopic (exact) mass is 279 g/mol. The third kappa shape index (κ3) is 2.62. The molecule has 0 aliphatic rings. The van der Waals surface area contributed by atoms with E-state index in [0.29, 0.717) is 5.22 Å². The molecule has 19 heavy (non-hydrogen) atoms. The molecule has 0 bridgehead atoms. The highest BCUT2D eigenvalue weighted by atomic mass is 35.5. The van der Waals surface area contributed by atoms with Gasteiger partial charge < -0.3 is 14.5 Å². The van der Waals surface area contributed by atoms with Crippen molar-refractivity contribution >= 4 is 11.6 Å². The fourth-order valence-corrected chi connectivity index (χ4v) is 2.56. The summed E-state index contributed by atoms with van der Waals surface area (Å²) in [7, 11) is 3.59. The lowest BCUT2D eigenvalue weighted by atomic mass is 9.94. The molecule has 2 rings (SSSR count). The summed E-state index contributed by atoms with van der Waals surface area (Å²) in [6.45, 7) is 4.10. The lowest BCUT2D eigenvalue weighted by molar-refractivity contribution is 0.411. The molecule has 2 aromatic rings. The Hall–Kier alpha value is -1.45. The van der Waals surface area contributed by atoms with Gasteiger partial charge in [-0.2, -0.15) is 0 Å². The first kappa shape index (κ1) is 14.0. The minimum absolute atomic E-state index is 0.0101. The zero-order valence-corrected chi connectivity index (χ0v) is 12.3. The average Bonchev–Trinajstić information content (AvgIpc) is 2.80. The lowest BCUT2D eigenvalue weighted by Gasteiger charge is -2.20. The van der Waals surface area contributed by atoms with E-state index >= 15 is 0 Å². The zero-order chi connectivity index (χ0) is 14.0. The van der Waals surface area contributed by atoms with Gasteiger partial charge in [-0.15, -0.1) is 0 Å². The van der Waals surface area contributed by atoms with Crippen molar-refractivity contribution in [1.82, 2.24) is 5.32 Å². The van der Waals surface area contributed by atoms with Crippen molar-refractivity contribution in [2.45, 2.75) is 19.9 Å². The first-order valence-electron chi connectivity index (χ1n) is 6.13. The highest BCUT2D eigenvalue weighted by Gasteiger charge is 2.20. The minimum Gasteiger partial charge on any atom is -0.496 e. The smallest absolute Gasteiger partial charge is 0.198 e. The van der Waals surface area contributed by atoms with E-state index in [4.69, 9.17) is 20.8 Å². The second-order valence-electron chi connectivity index (χ2n) is 4.55. The molecule has 1 unspecified atom stereocenters. The third-order valence-corrected chi connectivity index (χ3v) is 3.65. The number of ether oxygens (including phenoxy) is 1. The Morgan fingerprint density at radius 3 is 2.47 bits per heavy atom. The van der Waals surface area contributed by atoms with Crippen LogP contribution < -0.4 is 10.1 Å². The average molecular weight is 280 g/mol. The minimum atomic E-state index is 0.0101. The van der Waals surface area contributed by atoms with Crippen LogP contribution in [0.15, 0.2) is 28.9 Å². The van der Waals surface area contributed by atoms with Crippen molar-refractivity contribution in [3.63, 3.8) is 0 Å². The molecule has 0 aliphatic heterocycles. The van der Waals surface area contributed by atoms with Crippen LogP contribution in [0.5, 0.6) is 5.75 Å². The molecule has 102 valence electrons. The van der Waals surface area contributed by atoms with Crippen molar-refractivity contribution in [2.24, 2.45) is 0 Å². The maximum atomic E-state index is 6.08. The van der Waals surface area contributed by atoms with Crippen LogP contribution in [0.2, 0.25) is 5.22 Å². The van der Waals surface area contributed by atoms with Crippen LogP contribution in [0.1, 0.15) is 28.3 Å². The summed E-state index contributed by atoms with van der Waals surface area (Å²) in [6.07, 6.45) is 1.60. The number of nitrogens with one attached hydrogen (secondary N) is 1. The number of methoxy groups -OCH3 is 1. The second kappa shape index (κ2) is 5.68. The van der Waals surface area contributed by atoms with Gasteiger partial charge in [0.2, 0.25) is 0 Å². The second-order valence-corrected chi connectivity index (χ2v) is 4.89. The Labute approximate surface area is 118 Å². The van der Waals surface area contributed by atoms with Crippen molar-refractivity contribution in [1.29, 1.82) is 0 Å². The normalized spacial score (nSPS) is 12.5. The highest BCUT2D eigenvalue weighted by molar-refractivity contribution is 6.29. The van der Waals surface area contributed by atoms with Crippen LogP contribution in [0.3, 0.4) is 0 Å². The Balaban J connectivity index is 2.50. The quantitative estimate of drug-likeness (QED) is 0.923. The summed E-state index contributed by atoms with van der Waals surface area (Å²) >= 11 is 6.08. The Morgan fingerprint density at radius 1 is 1.21 bits per heavy atom. The number of benzene rings is 1. The number of aryl methyl sites for hydroxylation is 2. The van der Waals surface area contributed by atoms with E-state index < -0.39 is 0 Å². The summed E-state index contributed by atoms with van der Waals surface area (Å²) in [5.41, 5.74) is 4.36. The van der Waals surface area contributed by atoms with E-state index in [0.717, 1.165) is 22.4 Å². The molecule has 0 aliphatic carbocycles. The van der Waals surface area contributed by atoms with Crippen molar-refractivity contribution in [3.05, 3.63) is 51.9 Å². The topological polar surface area (TPSA) is 34.4 Å². The zero-order valence-electron chi connectivity index (χ0n) is 11.6. The molecule has 0 fully saturated rings. The molecule has 1 aromatic carbocycles. The molecule has 0 spiro atoms. The number of halogens is 1. The molecule has 0 saturated heterocycles. The Bertz CT molecular complexity index is 578. The number of furan rings is 1. The van der Waals surface area contributed by atoms with Gasteiger partial charge in [-0.05, 0) is 61.3 Å². The number of hydrogen-bond acceptors (Lipinski definition) is 3. The summed E-state index contributed by atoms with van der Waals surface area (Å²) in [5, 5.41) is 3.71. The molecule has 0 amide bonds. The van der Waals surface area contributed by atoms with Gasteiger partial charge in [0, 0.05) is 5.56 Å². The molecule has 4 heteroatoms. The van der Waals surface area contributed by atoms with Gasteiger partial charge >= 0.3 is 0 Å². The molecular weight excluding hydrogens is 262 g/mol. The SMILES string of the molecule is CNC(c1cc(C)c(OC)cc1C)c1ccoc1Cl. The van der Waals surface area contributed by atoms with Crippen LogP contribution in [0.25, 0.3) is 0 Å². The standard InChI is InChI=1S/C15H18ClNO2/c1-9-8-13(18-4)10(2)7-12(9)14(17-3)11-5-6-19-15(11)16/h5-8,14,17H,1-4H3. The first-order valence-corrected chi connectivity index (χ1v) is 6.51. The first-order chi connectivity index (χ1) is 9.08. The van der Waals surface area contributed by atoms with E-state index in [9.17, 15) is 0 Å². The van der Waals surface area contributed by atoms with E-state index in [1.807, 2.05) is 26.1 Å². The molecule has 1 N–H and O–H groups in total. The summed E-state index contributed by atoms with van der Waals surface area (Å²) in [4.78, 5) is 0. The van der Waals surface area contributed by atoms with E-state index in [1.54, 1.807) is 13.4 Å². The molecule has 1 heterocycles. The predicted octanol–water partition coefficient (Wildman–Crippen LogP) is 3.87. The molecule has 1 atom stereocenters. The fourth-order valence-electron chi connectivity index (χ4n) is 2.33. The van der Waals surface area contributed by atoms with Crippen LogP contribution in [0, 0.1) is 13.8 Å². The maximum Gasteiger partial charge on any atom is 0.198 e. The largest absolute Gasteiger partial charge is 0.496 e. The van der Waals surface area contributed by atoms with Gasteiger partial charge in [0.1, 0.15) is 5.75 Å². The highest BCUT2D eigenvalue weighted by Crippen LogP contribution is 2.33. The van der Waals surface area contributed by atoms with Gasteiger partial charge in [0.15, 0.2) is 5.22 Å². The summed E-state index contributed by atoms with van der Waals surface area (Å²) in [5.74, 6) is 0.898. The summed E-state index contributed by atoms with van der Waals surface area (Å²) < 4.78 is 10.5. The lowest BCUT2D eigenvalue weighted by Crippen LogP contribution is -2.18. The van der Waals surface area contributed by atoms with Gasteiger partial charge in [-0.25, -0.2) is 0 Å². The molecule has 1 aromatic heterocycles. The van der Waals surface area contributed by atoms with Crippen LogP contribution in [0.4, 0.5) is 0 Å². The Morgan fingerprint density at radius 2 is 1.95 bits per heavy atom. The van der Waals surface area contributed by atoms with Gasteiger partial charge in [0.05, 0.1) is 19.4 Å². The molecular formula is C15H18ClNO2. The van der Waals surface area contributed by atoms with E-state index in [2.05, 4.69) is 18.3 Å². The van der Waals surface area contributed by atoms with Crippen LogP contribution in [-0.4, -0.2) is 14.2 Å². The van der Waals surface area contributed by atoms with Gasteiger partial charge in [-0.3, -0.25) is 0 Å². The Kier molecular flexibility index (Phi) is 4.17. The van der Waals surface area contributed by atoms with Crippen molar-refractivity contribution in [3.8, 4) is 5.75 Å². The van der Waals surface area contributed by atoms with E-state index in [1.165, 1.54) is 5.56 Å². The maximum absolute atomic E-state index is 6.08.